The van der Waals surface area contributed by atoms with Crippen molar-refractivity contribution in [3.63, 3.8) is 0 Å². The van der Waals surface area contributed by atoms with Gasteiger partial charge in [0.25, 0.3) is 0 Å². The van der Waals surface area contributed by atoms with Crippen LogP contribution in [0.25, 0.3) is 11.5 Å². The minimum atomic E-state index is 0.487. The highest BCUT2D eigenvalue weighted by Crippen LogP contribution is 2.25. The number of aryl methyl sites for hydroxylation is 2. The van der Waals surface area contributed by atoms with E-state index in [1.807, 2.05) is 43.5 Å². The number of likely N-dealkylation sites (tertiary alicyclic amines) is 1. The molecular weight excluding hydrogens is 370 g/mol. The molecule has 0 aliphatic carbocycles. The molecule has 0 amide bonds. The molecule has 3 heterocycles. The summed E-state index contributed by atoms with van der Waals surface area (Å²) in [6, 6.07) is 8.60. The maximum absolute atomic E-state index is 5.94. The Morgan fingerprint density at radius 3 is 2.71 bits per heavy atom. The van der Waals surface area contributed by atoms with Crippen molar-refractivity contribution in [1.82, 2.24) is 14.9 Å². The number of oxazole rings is 1. The van der Waals surface area contributed by atoms with Crippen LogP contribution >= 0.6 is 11.3 Å². The molecule has 0 spiro atoms. The molecule has 3 aromatic rings. The van der Waals surface area contributed by atoms with Gasteiger partial charge < -0.3 is 14.1 Å². The molecule has 28 heavy (non-hydrogen) atoms. The van der Waals surface area contributed by atoms with Gasteiger partial charge in [0.2, 0.25) is 5.89 Å². The average molecular weight is 398 g/mol. The topological polar surface area (TPSA) is 51.4 Å². The molecule has 1 aromatic carbocycles. The van der Waals surface area contributed by atoms with Crippen molar-refractivity contribution in [2.24, 2.45) is 0 Å². The third-order valence-electron chi connectivity index (χ3n) is 5.37. The maximum Gasteiger partial charge on any atom is 0.226 e. The summed E-state index contributed by atoms with van der Waals surface area (Å²) in [5.74, 6) is 2.42. The van der Waals surface area contributed by atoms with Gasteiger partial charge in [-0.05, 0) is 64.4 Å². The first kappa shape index (κ1) is 19.2. The smallest absolute Gasteiger partial charge is 0.226 e. The fourth-order valence-corrected chi connectivity index (χ4v) is 4.28. The van der Waals surface area contributed by atoms with Crippen LogP contribution in [0.2, 0.25) is 0 Å². The molecule has 0 radical (unpaired) electrons. The van der Waals surface area contributed by atoms with Crippen LogP contribution in [0.1, 0.15) is 41.9 Å². The Hall–Kier alpha value is -2.18. The monoisotopic (exact) mass is 397 g/mol. The van der Waals surface area contributed by atoms with Crippen LogP contribution in [0.5, 0.6) is 5.75 Å². The molecule has 148 valence electrons. The molecule has 0 N–H and O–H groups in total. The van der Waals surface area contributed by atoms with Gasteiger partial charge in [0.1, 0.15) is 18.1 Å². The first-order valence-corrected chi connectivity index (χ1v) is 10.8. The number of thiazole rings is 1. The van der Waals surface area contributed by atoms with E-state index in [1.54, 1.807) is 11.3 Å². The van der Waals surface area contributed by atoms with Crippen molar-refractivity contribution in [3.8, 4) is 17.2 Å². The number of ether oxygens (including phenoxy) is 1. The lowest BCUT2D eigenvalue weighted by molar-refractivity contribution is 0.271. The molecule has 1 aliphatic rings. The second-order valence-electron chi connectivity index (χ2n) is 7.47. The minimum Gasteiger partial charge on any atom is -0.487 e. The van der Waals surface area contributed by atoms with E-state index >= 15 is 0 Å². The number of aromatic nitrogens is 2. The van der Waals surface area contributed by atoms with Crippen molar-refractivity contribution in [2.45, 2.75) is 52.7 Å². The van der Waals surface area contributed by atoms with Gasteiger partial charge in [-0.15, -0.1) is 11.3 Å². The lowest BCUT2D eigenvalue weighted by atomic mass is 10.2. The summed E-state index contributed by atoms with van der Waals surface area (Å²) >= 11 is 1.64. The van der Waals surface area contributed by atoms with Crippen LogP contribution in [0.3, 0.4) is 0 Å². The molecule has 4 rings (SSSR count). The van der Waals surface area contributed by atoms with E-state index in [1.165, 1.54) is 19.4 Å². The SMILES string of the molecule is Cc1nc(COc2ccc(-c3nc(CCN4CCC[C@H]4C)c(C)o3)cc2)cs1. The Morgan fingerprint density at radius 2 is 2.04 bits per heavy atom. The molecule has 1 atom stereocenters. The van der Waals surface area contributed by atoms with Crippen molar-refractivity contribution in [1.29, 1.82) is 0 Å². The lowest BCUT2D eigenvalue weighted by Gasteiger charge is -2.20. The molecule has 1 aliphatic heterocycles. The van der Waals surface area contributed by atoms with Crippen LogP contribution in [-0.4, -0.2) is 34.0 Å². The van der Waals surface area contributed by atoms with Gasteiger partial charge >= 0.3 is 0 Å². The molecule has 0 saturated carbocycles. The van der Waals surface area contributed by atoms with E-state index in [2.05, 4.69) is 16.8 Å². The average Bonchev–Trinajstić information content (AvgIpc) is 3.39. The van der Waals surface area contributed by atoms with Gasteiger partial charge in [-0.25, -0.2) is 9.97 Å². The lowest BCUT2D eigenvalue weighted by Crippen LogP contribution is -2.29. The second kappa shape index (κ2) is 8.45. The molecule has 5 nitrogen and oxygen atoms in total. The largest absolute Gasteiger partial charge is 0.487 e. The highest BCUT2D eigenvalue weighted by Gasteiger charge is 2.21. The van der Waals surface area contributed by atoms with Crippen molar-refractivity contribution < 1.29 is 9.15 Å². The second-order valence-corrected chi connectivity index (χ2v) is 8.53. The molecule has 2 aromatic heterocycles. The highest BCUT2D eigenvalue weighted by molar-refractivity contribution is 7.09. The minimum absolute atomic E-state index is 0.487. The Balaban J connectivity index is 1.37. The van der Waals surface area contributed by atoms with Crippen LogP contribution in [-0.2, 0) is 13.0 Å². The van der Waals surface area contributed by atoms with Crippen LogP contribution < -0.4 is 4.74 Å². The molecule has 1 saturated heterocycles. The Kier molecular flexibility index (Phi) is 5.78. The predicted molar refractivity (Wildman–Crippen MR) is 112 cm³/mol. The van der Waals surface area contributed by atoms with Gasteiger partial charge in [-0.1, -0.05) is 0 Å². The number of benzene rings is 1. The number of nitrogens with zero attached hydrogens (tertiary/aromatic N) is 3. The molecule has 6 heteroatoms. The summed E-state index contributed by atoms with van der Waals surface area (Å²) in [6.45, 7) is 9.06. The summed E-state index contributed by atoms with van der Waals surface area (Å²) in [6.07, 6.45) is 3.55. The first-order valence-electron chi connectivity index (χ1n) is 9.93. The first-order chi connectivity index (χ1) is 13.6. The normalized spacial score (nSPS) is 17.3. The number of rotatable bonds is 7. The Morgan fingerprint density at radius 1 is 1.21 bits per heavy atom. The van der Waals surface area contributed by atoms with Gasteiger partial charge in [0.05, 0.1) is 16.4 Å². The van der Waals surface area contributed by atoms with E-state index in [0.717, 1.165) is 46.4 Å². The predicted octanol–water partition coefficient (Wildman–Crippen LogP) is 5.02. The summed E-state index contributed by atoms with van der Waals surface area (Å²) in [4.78, 5) is 11.7. The van der Waals surface area contributed by atoms with E-state index in [0.29, 0.717) is 18.5 Å². The summed E-state index contributed by atoms with van der Waals surface area (Å²) in [5.41, 5.74) is 3.00. The fraction of sp³-hybridized carbons (Fsp3) is 0.455. The van der Waals surface area contributed by atoms with Crippen LogP contribution in [0, 0.1) is 13.8 Å². The zero-order chi connectivity index (χ0) is 19.5. The zero-order valence-electron chi connectivity index (χ0n) is 16.8. The molecule has 0 bridgehead atoms. The van der Waals surface area contributed by atoms with E-state index < -0.39 is 0 Å². The maximum atomic E-state index is 5.94. The van der Waals surface area contributed by atoms with Crippen molar-refractivity contribution in [2.75, 3.05) is 13.1 Å². The Labute approximate surface area is 170 Å². The van der Waals surface area contributed by atoms with Crippen LogP contribution in [0.4, 0.5) is 0 Å². The van der Waals surface area contributed by atoms with Crippen molar-refractivity contribution >= 4 is 11.3 Å². The third-order valence-corrected chi connectivity index (χ3v) is 6.20. The standard InChI is InChI=1S/C22H27N3O2S/c1-15-5-4-11-25(15)12-10-21-16(2)27-22(24-21)18-6-8-20(9-7-18)26-13-19-14-28-17(3)23-19/h6-9,14-15H,4-5,10-13H2,1-3H3/t15-/m1/s1. The van der Waals surface area contributed by atoms with Gasteiger partial charge in [0, 0.05) is 30.0 Å². The molecule has 0 unspecified atom stereocenters. The van der Waals surface area contributed by atoms with E-state index in [4.69, 9.17) is 14.1 Å². The fourth-order valence-electron chi connectivity index (χ4n) is 3.68. The van der Waals surface area contributed by atoms with Gasteiger partial charge in [-0.3, -0.25) is 0 Å². The Bertz CT molecular complexity index is 916. The zero-order valence-corrected chi connectivity index (χ0v) is 17.6. The highest BCUT2D eigenvalue weighted by atomic mass is 32.1. The van der Waals surface area contributed by atoms with Gasteiger partial charge in [-0.2, -0.15) is 0 Å². The van der Waals surface area contributed by atoms with E-state index in [-0.39, 0.29) is 0 Å². The van der Waals surface area contributed by atoms with Crippen LogP contribution in [0.15, 0.2) is 34.1 Å². The van der Waals surface area contributed by atoms with Gasteiger partial charge in [0.15, 0.2) is 0 Å². The molecular formula is C22H27N3O2S. The molecule has 1 fully saturated rings. The van der Waals surface area contributed by atoms with E-state index in [9.17, 15) is 0 Å². The summed E-state index contributed by atoms with van der Waals surface area (Å²) < 4.78 is 11.8. The summed E-state index contributed by atoms with van der Waals surface area (Å²) in [7, 11) is 0. The quantitative estimate of drug-likeness (QED) is 0.560. The van der Waals surface area contributed by atoms with Crippen molar-refractivity contribution in [3.05, 3.63) is 51.8 Å². The third kappa shape index (κ3) is 4.45. The summed E-state index contributed by atoms with van der Waals surface area (Å²) in [5, 5.41) is 3.09. The number of hydrogen-bond acceptors (Lipinski definition) is 6. The number of hydrogen-bond donors (Lipinski definition) is 0.